The van der Waals surface area contributed by atoms with Gasteiger partial charge in [0.15, 0.2) is 0 Å². The van der Waals surface area contributed by atoms with Crippen molar-refractivity contribution in [2.45, 2.75) is 0 Å². The second-order valence-corrected chi connectivity index (χ2v) is 3.01. The molecule has 0 unspecified atom stereocenters. The van der Waals surface area contributed by atoms with E-state index in [2.05, 4.69) is 4.98 Å². The summed E-state index contributed by atoms with van der Waals surface area (Å²) in [6.45, 7) is 0. The van der Waals surface area contributed by atoms with Crippen LogP contribution in [0.25, 0.3) is 5.76 Å². The van der Waals surface area contributed by atoms with Gasteiger partial charge in [0, 0.05) is 6.20 Å². The van der Waals surface area contributed by atoms with E-state index in [-0.39, 0.29) is 40.8 Å². The molecule has 1 N–H and O–H groups in total. The van der Waals surface area contributed by atoms with Crippen LogP contribution in [-0.2, 0) is 4.79 Å². The van der Waals surface area contributed by atoms with Crippen LogP contribution in [0, 0.1) is 10.1 Å². The average molecular weight is 243 g/mol. The van der Waals surface area contributed by atoms with Crippen molar-refractivity contribution >= 4 is 17.3 Å². The van der Waals surface area contributed by atoms with E-state index in [4.69, 9.17) is 0 Å². The van der Waals surface area contributed by atoms with Crippen molar-refractivity contribution in [1.82, 2.24) is 4.98 Å². The predicted molar refractivity (Wildman–Crippen MR) is 50.1 cm³/mol. The molecule has 80 valence electrons. The van der Waals surface area contributed by atoms with E-state index in [1.165, 1.54) is 18.3 Å². The summed E-state index contributed by atoms with van der Waals surface area (Å²) < 4.78 is 0. The molecule has 0 radical (unpaired) electrons. The Balaban J connectivity index is 0.00000144. The first kappa shape index (κ1) is 13.5. The molecule has 0 amide bonds. The second-order valence-electron chi connectivity index (χ2n) is 3.01. The van der Waals surface area contributed by atoms with Crippen LogP contribution in [0.5, 0.6) is 0 Å². The van der Waals surface area contributed by atoms with E-state index in [1.54, 1.807) is 0 Å². The molecule has 1 aliphatic carbocycles. The number of ketones is 2. The van der Waals surface area contributed by atoms with Gasteiger partial charge in [0.25, 0.3) is 0 Å². The third-order valence-corrected chi connectivity index (χ3v) is 2.10. The standard InChI is InChI=1S/C9H4N2O5.Na/c12-7-4-2-1-3-10-5(4)8(13)6(9(7)14)11(15)16;/h1-3,13H;/q;+1. The number of rotatable bonds is 1. The number of pyridine rings is 1. The second kappa shape index (κ2) is 4.74. The number of fused-ring (bicyclic) bond motifs is 1. The Bertz CT molecular complexity index is 566. The molecule has 0 aliphatic heterocycles. The Hall–Kier alpha value is -1.57. The number of aliphatic hydroxyl groups is 1. The molecule has 8 heteroatoms. The Labute approximate surface area is 117 Å². The average Bonchev–Trinajstić information content (AvgIpc) is 2.26. The van der Waals surface area contributed by atoms with Gasteiger partial charge in [0.1, 0.15) is 5.69 Å². The molecule has 1 heterocycles. The molecule has 0 spiro atoms. The first-order valence-corrected chi connectivity index (χ1v) is 4.16. The zero-order valence-electron chi connectivity index (χ0n) is 8.71. The largest absolute Gasteiger partial charge is 1.00 e. The molecule has 0 saturated heterocycles. The van der Waals surface area contributed by atoms with Crippen molar-refractivity contribution in [3.05, 3.63) is 45.4 Å². The summed E-state index contributed by atoms with van der Waals surface area (Å²) in [5.74, 6) is -3.24. The molecular weight excluding hydrogens is 239 g/mol. The third-order valence-electron chi connectivity index (χ3n) is 2.10. The first-order chi connectivity index (χ1) is 7.54. The van der Waals surface area contributed by atoms with Crippen molar-refractivity contribution in [2.24, 2.45) is 0 Å². The minimum atomic E-state index is -1.33. The van der Waals surface area contributed by atoms with Crippen LogP contribution in [0.2, 0.25) is 0 Å². The summed E-state index contributed by atoms with van der Waals surface area (Å²) in [7, 11) is 0. The fraction of sp³-hybridized carbons (Fsp3) is 0. The normalized spacial score (nSPS) is 14.1. The molecule has 0 atom stereocenters. The van der Waals surface area contributed by atoms with Gasteiger partial charge in [-0.3, -0.25) is 24.7 Å². The molecule has 1 aromatic heterocycles. The predicted octanol–water partition coefficient (Wildman–Crippen LogP) is -2.65. The summed E-state index contributed by atoms with van der Waals surface area (Å²) in [4.78, 5) is 35.8. The maximum Gasteiger partial charge on any atom is 1.00 e. The molecule has 2 rings (SSSR count). The SMILES string of the molecule is O=C1C(=O)c2cccnc2C(O)=C1[N+](=O)[O-].[Na+]. The Morgan fingerprint density at radius 3 is 2.53 bits per heavy atom. The van der Waals surface area contributed by atoms with Crippen molar-refractivity contribution < 1.29 is 49.2 Å². The van der Waals surface area contributed by atoms with Gasteiger partial charge in [-0.1, -0.05) is 0 Å². The number of nitrogens with zero attached hydrogens (tertiary/aromatic N) is 2. The number of carbonyl (C=O) groups excluding carboxylic acids is 2. The fourth-order valence-electron chi connectivity index (χ4n) is 1.40. The van der Waals surface area contributed by atoms with E-state index in [0.29, 0.717) is 0 Å². The van der Waals surface area contributed by atoms with Gasteiger partial charge in [-0.15, -0.1) is 0 Å². The van der Waals surface area contributed by atoms with Crippen LogP contribution in [0.4, 0.5) is 0 Å². The Kier molecular flexibility index (Phi) is 3.76. The number of Topliss-reactive ketones (excluding diaryl/α,β-unsaturated/α-hetero) is 2. The van der Waals surface area contributed by atoms with E-state index >= 15 is 0 Å². The minimum absolute atomic E-state index is 0. The minimum Gasteiger partial charge on any atom is -0.500 e. The van der Waals surface area contributed by atoms with E-state index in [9.17, 15) is 24.8 Å². The number of nitro groups is 1. The van der Waals surface area contributed by atoms with Crippen molar-refractivity contribution in [3.63, 3.8) is 0 Å². The number of hydrogen-bond donors (Lipinski definition) is 1. The molecule has 0 bridgehead atoms. The van der Waals surface area contributed by atoms with Gasteiger partial charge < -0.3 is 5.11 Å². The summed E-state index contributed by atoms with van der Waals surface area (Å²) >= 11 is 0. The van der Waals surface area contributed by atoms with Crippen molar-refractivity contribution in [3.8, 4) is 0 Å². The number of hydrogen-bond acceptors (Lipinski definition) is 6. The molecular formula is C9H4N2NaO5+. The van der Waals surface area contributed by atoms with Gasteiger partial charge in [-0.25, -0.2) is 0 Å². The van der Waals surface area contributed by atoms with Crippen LogP contribution >= 0.6 is 0 Å². The zero-order chi connectivity index (χ0) is 11.9. The maximum atomic E-state index is 11.4. The van der Waals surface area contributed by atoms with Crippen LogP contribution in [-0.4, -0.2) is 26.6 Å². The smallest absolute Gasteiger partial charge is 0.500 e. The quantitative estimate of drug-likeness (QED) is 0.250. The summed E-state index contributed by atoms with van der Waals surface area (Å²) in [6, 6.07) is 2.67. The van der Waals surface area contributed by atoms with Crippen molar-refractivity contribution in [2.75, 3.05) is 0 Å². The third kappa shape index (κ3) is 1.99. The molecule has 0 fully saturated rings. The van der Waals surface area contributed by atoms with Gasteiger partial charge in [0.05, 0.1) is 10.5 Å². The number of aliphatic hydroxyl groups excluding tert-OH is 1. The van der Waals surface area contributed by atoms with Gasteiger partial charge in [-0.2, -0.15) is 0 Å². The monoisotopic (exact) mass is 243 g/mol. The molecule has 1 aliphatic rings. The van der Waals surface area contributed by atoms with Crippen LogP contribution in [0.1, 0.15) is 16.1 Å². The van der Waals surface area contributed by atoms with Gasteiger partial charge in [0.2, 0.25) is 11.5 Å². The zero-order valence-corrected chi connectivity index (χ0v) is 10.7. The molecule has 0 saturated carbocycles. The Morgan fingerprint density at radius 2 is 1.94 bits per heavy atom. The van der Waals surface area contributed by atoms with E-state index < -0.39 is 27.9 Å². The summed E-state index contributed by atoms with van der Waals surface area (Å²) in [6.07, 6.45) is 1.26. The van der Waals surface area contributed by atoms with Crippen LogP contribution in [0.3, 0.4) is 0 Å². The van der Waals surface area contributed by atoms with Gasteiger partial charge >= 0.3 is 41.0 Å². The number of allylic oxidation sites excluding steroid dienone is 1. The first-order valence-electron chi connectivity index (χ1n) is 4.16. The topological polar surface area (TPSA) is 110 Å². The Morgan fingerprint density at radius 1 is 1.29 bits per heavy atom. The molecule has 1 aromatic rings. The fourth-order valence-corrected chi connectivity index (χ4v) is 1.40. The molecule has 7 nitrogen and oxygen atoms in total. The van der Waals surface area contributed by atoms with Gasteiger partial charge in [-0.05, 0) is 12.1 Å². The number of carbonyl (C=O) groups is 2. The van der Waals surface area contributed by atoms with Crippen molar-refractivity contribution in [1.29, 1.82) is 0 Å². The maximum absolute atomic E-state index is 11.4. The van der Waals surface area contributed by atoms with Crippen LogP contribution < -0.4 is 29.6 Å². The van der Waals surface area contributed by atoms with E-state index in [1.807, 2.05) is 0 Å². The summed E-state index contributed by atoms with van der Waals surface area (Å²) in [5, 5.41) is 20.0. The molecule has 17 heavy (non-hydrogen) atoms. The summed E-state index contributed by atoms with van der Waals surface area (Å²) in [5.41, 5.74) is -1.49. The molecule has 0 aromatic carbocycles. The number of aromatic nitrogens is 1. The van der Waals surface area contributed by atoms with E-state index in [0.717, 1.165) is 0 Å². The van der Waals surface area contributed by atoms with Crippen LogP contribution in [0.15, 0.2) is 24.0 Å².